The smallest absolute Gasteiger partial charge is 0.249 e. The van der Waals surface area contributed by atoms with Crippen molar-refractivity contribution in [3.63, 3.8) is 0 Å². The van der Waals surface area contributed by atoms with Crippen molar-refractivity contribution in [1.29, 1.82) is 0 Å². The highest BCUT2D eigenvalue weighted by molar-refractivity contribution is 6.00. The number of carbonyl (C=O) groups is 2. The Morgan fingerprint density at radius 3 is 2.59 bits per heavy atom. The molecule has 0 aliphatic carbocycles. The minimum absolute atomic E-state index is 0. The van der Waals surface area contributed by atoms with Crippen molar-refractivity contribution in [3.05, 3.63) is 47.8 Å². The van der Waals surface area contributed by atoms with E-state index in [2.05, 4.69) is 15.7 Å². The molecule has 2 aromatic rings. The molecule has 1 fully saturated rings. The molecule has 1 aromatic heterocycles. The predicted octanol–water partition coefficient (Wildman–Crippen LogP) is 1.72. The average Bonchev–Trinajstić information content (AvgIpc) is 3.04. The van der Waals surface area contributed by atoms with Crippen molar-refractivity contribution in [2.45, 2.75) is 31.8 Å². The lowest BCUT2D eigenvalue weighted by molar-refractivity contribution is -0.129. The fourth-order valence-corrected chi connectivity index (χ4v) is 3.28. The standard InChI is InChI=1S/C19H25N5O2.ClH/c1-13-6-8-15(9-7-13)24-10-4-5-16(19(24)26)22-18(25)17(20-2)14-11-21-23(3)12-14;/h6-9,11-12,16-17,20H,4-5,10H2,1-3H3,(H,22,25);1H. The zero-order chi connectivity index (χ0) is 18.7. The Hall–Kier alpha value is -2.38. The van der Waals surface area contributed by atoms with Crippen molar-refractivity contribution in [2.24, 2.45) is 7.05 Å². The largest absolute Gasteiger partial charge is 0.343 e. The molecule has 1 aromatic carbocycles. The first kappa shape index (κ1) is 20.9. The maximum atomic E-state index is 12.9. The quantitative estimate of drug-likeness (QED) is 0.813. The zero-order valence-corrected chi connectivity index (χ0v) is 16.6. The second-order valence-corrected chi connectivity index (χ2v) is 6.70. The first-order valence-electron chi connectivity index (χ1n) is 8.84. The molecule has 0 bridgehead atoms. The highest BCUT2D eigenvalue weighted by Crippen LogP contribution is 2.22. The van der Waals surface area contributed by atoms with Gasteiger partial charge >= 0.3 is 0 Å². The molecular weight excluding hydrogens is 366 g/mol. The summed E-state index contributed by atoms with van der Waals surface area (Å²) in [5.41, 5.74) is 2.79. The van der Waals surface area contributed by atoms with Crippen LogP contribution in [0.4, 0.5) is 5.69 Å². The van der Waals surface area contributed by atoms with E-state index in [9.17, 15) is 9.59 Å². The molecule has 0 radical (unpaired) electrons. The van der Waals surface area contributed by atoms with E-state index in [1.807, 2.05) is 31.2 Å². The molecule has 2 atom stereocenters. The molecule has 0 spiro atoms. The molecule has 8 heteroatoms. The lowest BCUT2D eigenvalue weighted by Gasteiger charge is -2.33. The number of carbonyl (C=O) groups excluding carboxylic acids is 2. The minimum atomic E-state index is -0.536. The maximum Gasteiger partial charge on any atom is 0.249 e. The summed E-state index contributed by atoms with van der Waals surface area (Å²) in [6.45, 7) is 2.69. The van der Waals surface area contributed by atoms with Gasteiger partial charge in [0.2, 0.25) is 11.8 Å². The van der Waals surface area contributed by atoms with Crippen molar-refractivity contribution in [2.75, 3.05) is 18.5 Å². The third-order valence-corrected chi connectivity index (χ3v) is 4.71. The number of anilines is 1. The van der Waals surface area contributed by atoms with E-state index in [-0.39, 0.29) is 24.2 Å². The van der Waals surface area contributed by atoms with Crippen LogP contribution in [0.3, 0.4) is 0 Å². The first-order valence-corrected chi connectivity index (χ1v) is 8.84. The fourth-order valence-electron chi connectivity index (χ4n) is 3.28. The van der Waals surface area contributed by atoms with Crippen LogP contribution >= 0.6 is 12.4 Å². The van der Waals surface area contributed by atoms with Crippen LogP contribution in [-0.4, -0.2) is 41.2 Å². The summed E-state index contributed by atoms with van der Waals surface area (Å²) in [5, 5.41) is 10.0. The highest BCUT2D eigenvalue weighted by Gasteiger charge is 2.32. The van der Waals surface area contributed by atoms with E-state index in [0.29, 0.717) is 13.0 Å². The van der Waals surface area contributed by atoms with Crippen LogP contribution in [0.25, 0.3) is 0 Å². The topological polar surface area (TPSA) is 79.3 Å². The molecule has 1 aliphatic heterocycles. The minimum Gasteiger partial charge on any atom is -0.343 e. The molecule has 2 heterocycles. The van der Waals surface area contributed by atoms with Gasteiger partial charge in [-0.05, 0) is 38.9 Å². The molecule has 3 rings (SSSR count). The molecule has 1 saturated heterocycles. The zero-order valence-electron chi connectivity index (χ0n) is 15.8. The van der Waals surface area contributed by atoms with Crippen molar-refractivity contribution >= 4 is 29.9 Å². The van der Waals surface area contributed by atoms with Crippen LogP contribution in [0.15, 0.2) is 36.7 Å². The van der Waals surface area contributed by atoms with E-state index < -0.39 is 12.1 Å². The monoisotopic (exact) mass is 391 g/mol. The number of piperidine rings is 1. The van der Waals surface area contributed by atoms with Crippen molar-refractivity contribution in [1.82, 2.24) is 20.4 Å². The number of halogens is 1. The van der Waals surface area contributed by atoms with Gasteiger partial charge in [0.25, 0.3) is 0 Å². The number of hydrogen-bond acceptors (Lipinski definition) is 4. The van der Waals surface area contributed by atoms with Crippen LogP contribution in [-0.2, 0) is 16.6 Å². The molecule has 2 unspecified atom stereocenters. The van der Waals surface area contributed by atoms with Gasteiger partial charge in [-0.2, -0.15) is 5.10 Å². The molecule has 27 heavy (non-hydrogen) atoms. The lowest BCUT2D eigenvalue weighted by atomic mass is 10.0. The number of nitrogens with one attached hydrogen (secondary N) is 2. The van der Waals surface area contributed by atoms with Gasteiger partial charge in [0.1, 0.15) is 12.1 Å². The van der Waals surface area contributed by atoms with E-state index in [4.69, 9.17) is 0 Å². The number of likely N-dealkylation sites (N-methyl/N-ethyl adjacent to an activating group) is 1. The Morgan fingerprint density at radius 1 is 1.30 bits per heavy atom. The van der Waals surface area contributed by atoms with Gasteiger partial charge < -0.3 is 15.5 Å². The summed E-state index contributed by atoms with van der Waals surface area (Å²) in [6.07, 6.45) is 4.95. The van der Waals surface area contributed by atoms with Crippen LogP contribution in [0.1, 0.15) is 30.0 Å². The van der Waals surface area contributed by atoms with Crippen LogP contribution in [0.5, 0.6) is 0 Å². The first-order chi connectivity index (χ1) is 12.5. The summed E-state index contributed by atoms with van der Waals surface area (Å²) < 4.78 is 1.65. The Kier molecular flexibility index (Phi) is 6.98. The van der Waals surface area contributed by atoms with Crippen LogP contribution in [0.2, 0.25) is 0 Å². The normalized spacial score (nSPS) is 18.0. The molecule has 2 amide bonds. The fraction of sp³-hybridized carbons (Fsp3) is 0.421. The number of nitrogens with zero attached hydrogens (tertiary/aromatic N) is 3. The van der Waals surface area contributed by atoms with E-state index >= 15 is 0 Å². The van der Waals surface area contributed by atoms with Gasteiger partial charge in [0.15, 0.2) is 0 Å². The van der Waals surface area contributed by atoms with Crippen LogP contribution in [0, 0.1) is 6.92 Å². The second kappa shape index (κ2) is 9.01. The van der Waals surface area contributed by atoms with Gasteiger partial charge in [0, 0.05) is 31.0 Å². The highest BCUT2D eigenvalue weighted by atomic mass is 35.5. The SMILES string of the molecule is CNC(C(=O)NC1CCCN(c2ccc(C)cc2)C1=O)c1cnn(C)c1.Cl. The molecule has 2 N–H and O–H groups in total. The third kappa shape index (κ3) is 4.67. The number of aromatic nitrogens is 2. The number of benzene rings is 1. The number of aryl methyl sites for hydroxylation is 2. The number of rotatable bonds is 5. The third-order valence-electron chi connectivity index (χ3n) is 4.71. The Bertz CT molecular complexity index is 790. The summed E-state index contributed by atoms with van der Waals surface area (Å²) in [7, 11) is 3.52. The van der Waals surface area contributed by atoms with Gasteiger partial charge in [0.05, 0.1) is 6.20 Å². The number of amides is 2. The molecular formula is C19H26ClN5O2. The number of hydrogen-bond donors (Lipinski definition) is 2. The van der Waals surface area contributed by atoms with E-state index in [0.717, 1.165) is 23.2 Å². The van der Waals surface area contributed by atoms with Gasteiger partial charge in [-0.1, -0.05) is 17.7 Å². The van der Waals surface area contributed by atoms with E-state index in [1.54, 1.807) is 36.1 Å². The molecule has 7 nitrogen and oxygen atoms in total. The lowest BCUT2D eigenvalue weighted by Crippen LogP contribution is -2.54. The summed E-state index contributed by atoms with van der Waals surface area (Å²) >= 11 is 0. The predicted molar refractivity (Wildman–Crippen MR) is 107 cm³/mol. The van der Waals surface area contributed by atoms with Gasteiger partial charge in [-0.15, -0.1) is 12.4 Å². The van der Waals surface area contributed by atoms with Crippen LogP contribution < -0.4 is 15.5 Å². The van der Waals surface area contributed by atoms with E-state index in [1.165, 1.54) is 0 Å². The molecule has 146 valence electrons. The summed E-state index contributed by atoms with van der Waals surface area (Å²) in [5.74, 6) is -0.279. The van der Waals surface area contributed by atoms with Crippen molar-refractivity contribution in [3.8, 4) is 0 Å². The summed E-state index contributed by atoms with van der Waals surface area (Å²) in [4.78, 5) is 27.3. The Morgan fingerprint density at radius 2 is 2.00 bits per heavy atom. The molecule has 1 aliphatic rings. The van der Waals surface area contributed by atoms with Crippen molar-refractivity contribution < 1.29 is 9.59 Å². The maximum absolute atomic E-state index is 12.9. The van der Waals surface area contributed by atoms with Gasteiger partial charge in [-0.25, -0.2) is 0 Å². The second-order valence-electron chi connectivity index (χ2n) is 6.70. The Balaban J connectivity index is 0.00000261. The Labute approximate surface area is 165 Å². The van der Waals surface area contributed by atoms with Gasteiger partial charge in [-0.3, -0.25) is 14.3 Å². The molecule has 0 saturated carbocycles. The average molecular weight is 392 g/mol. The summed E-state index contributed by atoms with van der Waals surface area (Å²) in [6, 6.07) is 6.83.